The molecule has 2 aromatic rings. The Bertz CT molecular complexity index is 521. The van der Waals surface area contributed by atoms with Crippen molar-refractivity contribution in [1.29, 1.82) is 0 Å². The summed E-state index contributed by atoms with van der Waals surface area (Å²) < 4.78 is 0. The fourth-order valence-corrected chi connectivity index (χ4v) is 2.33. The summed E-state index contributed by atoms with van der Waals surface area (Å²) in [5, 5.41) is 11.6. The first-order chi connectivity index (χ1) is 8.61. The molecule has 0 aliphatic heterocycles. The van der Waals surface area contributed by atoms with Gasteiger partial charge in [0.1, 0.15) is 5.82 Å². The van der Waals surface area contributed by atoms with Crippen LogP contribution in [-0.4, -0.2) is 16.7 Å². The molecule has 0 saturated heterocycles. The quantitative estimate of drug-likeness (QED) is 0.893. The molecule has 2 rings (SSSR count). The second-order valence-corrected chi connectivity index (χ2v) is 4.61. The van der Waals surface area contributed by atoms with Crippen molar-refractivity contribution in [1.82, 2.24) is 10.2 Å². The van der Waals surface area contributed by atoms with E-state index >= 15 is 0 Å². The zero-order valence-electron chi connectivity index (χ0n) is 11.4. The van der Waals surface area contributed by atoms with Crippen LogP contribution in [0.2, 0.25) is 0 Å². The Morgan fingerprint density at radius 3 is 2.17 bits per heavy atom. The van der Waals surface area contributed by atoms with E-state index in [0.29, 0.717) is 0 Å². The third kappa shape index (κ3) is 2.50. The van der Waals surface area contributed by atoms with Crippen LogP contribution in [0.25, 0.3) is 11.3 Å². The van der Waals surface area contributed by atoms with Crippen molar-refractivity contribution >= 4 is 5.82 Å². The second-order valence-electron chi connectivity index (χ2n) is 4.61. The van der Waals surface area contributed by atoms with E-state index in [-0.39, 0.29) is 0 Å². The molecule has 0 aliphatic rings. The summed E-state index contributed by atoms with van der Waals surface area (Å²) in [6.45, 7) is 9.26. The summed E-state index contributed by atoms with van der Waals surface area (Å²) in [4.78, 5) is 0. The summed E-state index contributed by atoms with van der Waals surface area (Å²) in [6, 6.07) is 8.37. The van der Waals surface area contributed by atoms with Gasteiger partial charge in [0.15, 0.2) is 0 Å². The summed E-state index contributed by atoms with van der Waals surface area (Å²) >= 11 is 0. The van der Waals surface area contributed by atoms with Crippen LogP contribution in [0.3, 0.4) is 0 Å². The molecule has 0 aliphatic carbocycles. The van der Waals surface area contributed by atoms with Gasteiger partial charge in [-0.3, -0.25) is 0 Å². The first-order valence-corrected chi connectivity index (χ1v) is 6.27. The molecule has 3 nitrogen and oxygen atoms in total. The molecule has 0 saturated carbocycles. The van der Waals surface area contributed by atoms with E-state index in [4.69, 9.17) is 0 Å². The van der Waals surface area contributed by atoms with Gasteiger partial charge in [-0.2, -0.15) is 0 Å². The van der Waals surface area contributed by atoms with Gasteiger partial charge in [-0.1, -0.05) is 17.7 Å². The Morgan fingerprint density at radius 1 is 1.00 bits per heavy atom. The molecule has 0 unspecified atom stereocenters. The van der Waals surface area contributed by atoms with E-state index in [1.54, 1.807) is 0 Å². The molecule has 0 atom stereocenters. The number of hydrogen-bond donors (Lipinski definition) is 1. The van der Waals surface area contributed by atoms with Crippen molar-refractivity contribution in [2.75, 3.05) is 11.9 Å². The van der Waals surface area contributed by atoms with Gasteiger partial charge in [0.2, 0.25) is 0 Å². The summed E-state index contributed by atoms with van der Waals surface area (Å²) in [5.41, 5.74) is 5.91. The number of nitrogens with one attached hydrogen (secondary N) is 1. The van der Waals surface area contributed by atoms with Gasteiger partial charge in [-0.05, 0) is 51.0 Å². The highest BCUT2D eigenvalue weighted by Crippen LogP contribution is 2.26. The van der Waals surface area contributed by atoms with Crippen molar-refractivity contribution in [2.45, 2.75) is 27.7 Å². The molecule has 0 spiro atoms. The van der Waals surface area contributed by atoms with E-state index in [1.807, 2.05) is 19.1 Å². The maximum Gasteiger partial charge on any atom is 0.148 e. The molecule has 0 amide bonds. The highest BCUT2D eigenvalue weighted by Gasteiger charge is 2.08. The van der Waals surface area contributed by atoms with E-state index in [1.165, 1.54) is 22.3 Å². The number of nitrogens with zero attached hydrogens (tertiary/aromatic N) is 2. The minimum absolute atomic E-state index is 0.823. The number of benzene rings is 1. The molecule has 1 aromatic carbocycles. The van der Waals surface area contributed by atoms with Crippen molar-refractivity contribution in [3.63, 3.8) is 0 Å². The first kappa shape index (κ1) is 12.6. The minimum Gasteiger partial charge on any atom is -0.369 e. The molecule has 0 bridgehead atoms. The molecule has 18 heavy (non-hydrogen) atoms. The highest BCUT2D eigenvalue weighted by molar-refractivity contribution is 5.68. The third-order valence-electron chi connectivity index (χ3n) is 2.96. The van der Waals surface area contributed by atoms with Crippen molar-refractivity contribution in [3.8, 4) is 11.3 Å². The molecule has 1 N–H and O–H groups in total. The van der Waals surface area contributed by atoms with Gasteiger partial charge in [0.05, 0.1) is 5.69 Å². The highest BCUT2D eigenvalue weighted by atomic mass is 15.2. The monoisotopic (exact) mass is 241 g/mol. The van der Waals surface area contributed by atoms with Crippen LogP contribution in [0, 0.1) is 20.8 Å². The molecule has 0 fully saturated rings. The number of aryl methyl sites for hydroxylation is 3. The number of anilines is 1. The van der Waals surface area contributed by atoms with Gasteiger partial charge < -0.3 is 5.32 Å². The van der Waals surface area contributed by atoms with E-state index in [2.05, 4.69) is 48.4 Å². The van der Waals surface area contributed by atoms with Gasteiger partial charge in [-0.15, -0.1) is 10.2 Å². The van der Waals surface area contributed by atoms with Crippen molar-refractivity contribution in [3.05, 3.63) is 41.0 Å². The van der Waals surface area contributed by atoms with Crippen LogP contribution in [-0.2, 0) is 0 Å². The zero-order valence-corrected chi connectivity index (χ0v) is 11.4. The van der Waals surface area contributed by atoms with E-state index < -0.39 is 0 Å². The lowest BCUT2D eigenvalue weighted by Gasteiger charge is -2.10. The van der Waals surface area contributed by atoms with Crippen LogP contribution < -0.4 is 5.32 Å². The Labute approximate surface area is 108 Å². The lowest BCUT2D eigenvalue weighted by atomic mass is 9.97. The minimum atomic E-state index is 0.823. The largest absolute Gasteiger partial charge is 0.369 e. The van der Waals surface area contributed by atoms with Gasteiger partial charge in [-0.25, -0.2) is 0 Å². The molecule has 94 valence electrons. The Hall–Kier alpha value is -1.90. The first-order valence-electron chi connectivity index (χ1n) is 6.27. The van der Waals surface area contributed by atoms with Crippen LogP contribution in [0.15, 0.2) is 24.3 Å². The maximum atomic E-state index is 4.31. The fourth-order valence-electron chi connectivity index (χ4n) is 2.33. The Balaban J connectivity index is 2.42. The Morgan fingerprint density at radius 2 is 1.67 bits per heavy atom. The average molecular weight is 241 g/mol. The molecule has 1 aromatic heterocycles. The van der Waals surface area contributed by atoms with Crippen LogP contribution in [0.1, 0.15) is 23.6 Å². The van der Waals surface area contributed by atoms with Crippen LogP contribution >= 0.6 is 0 Å². The predicted molar refractivity (Wildman–Crippen MR) is 75.8 cm³/mol. The standard InChI is InChI=1S/C15H19N3/c1-5-16-14-7-6-13(17-18-14)15-11(3)8-10(2)9-12(15)4/h6-9H,5H2,1-4H3,(H,16,18). The summed E-state index contributed by atoms with van der Waals surface area (Å²) in [5.74, 6) is 0.823. The lowest BCUT2D eigenvalue weighted by molar-refractivity contribution is 1.01. The third-order valence-corrected chi connectivity index (χ3v) is 2.96. The second kappa shape index (κ2) is 5.17. The zero-order chi connectivity index (χ0) is 13.1. The average Bonchev–Trinajstić information content (AvgIpc) is 2.30. The summed E-state index contributed by atoms with van der Waals surface area (Å²) in [6.07, 6.45) is 0. The van der Waals surface area contributed by atoms with Crippen LogP contribution in [0.4, 0.5) is 5.82 Å². The normalized spacial score (nSPS) is 10.4. The van der Waals surface area contributed by atoms with Crippen LogP contribution in [0.5, 0.6) is 0 Å². The maximum absolute atomic E-state index is 4.31. The van der Waals surface area contributed by atoms with Crippen molar-refractivity contribution in [2.24, 2.45) is 0 Å². The van der Waals surface area contributed by atoms with Crippen molar-refractivity contribution < 1.29 is 0 Å². The molecule has 0 radical (unpaired) electrons. The number of hydrogen-bond acceptors (Lipinski definition) is 3. The fraction of sp³-hybridized carbons (Fsp3) is 0.333. The van der Waals surface area contributed by atoms with E-state index in [9.17, 15) is 0 Å². The van der Waals surface area contributed by atoms with Gasteiger partial charge in [0, 0.05) is 12.1 Å². The molecule has 3 heteroatoms. The number of rotatable bonds is 3. The molecule has 1 heterocycles. The smallest absolute Gasteiger partial charge is 0.148 e. The SMILES string of the molecule is CCNc1ccc(-c2c(C)cc(C)cc2C)nn1. The molecular weight excluding hydrogens is 222 g/mol. The summed E-state index contributed by atoms with van der Waals surface area (Å²) in [7, 11) is 0. The molecular formula is C15H19N3. The number of aromatic nitrogens is 2. The predicted octanol–water partition coefficient (Wildman–Crippen LogP) is 3.50. The van der Waals surface area contributed by atoms with Gasteiger partial charge >= 0.3 is 0 Å². The van der Waals surface area contributed by atoms with Gasteiger partial charge in [0.25, 0.3) is 0 Å². The Kier molecular flexibility index (Phi) is 3.60. The topological polar surface area (TPSA) is 37.8 Å². The lowest BCUT2D eigenvalue weighted by Crippen LogP contribution is -2.01. The van der Waals surface area contributed by atoms with E-state index in [0.717, 1.165) is 18.1 Å².